The van der Waals surface area contributed by atoms with Gasteiger partial charge in [0, 0.05) is 5.25 Å². The van der Waals surface area contributed by atoms with Crippen LogP contribution < -0.4 is 0 Å². The first-order chi connectivity index (χ1) is 13.4. The lowest BCUT2D eigenvalue weighted by atomic mass is 10.1. The van der Waals surface area contributed by atoms with E-state index in [0.29, 0.717) is 25.1 Å². The molecule has 1 saturated carbocycles. The molecule has 7 nitrogen and oxygen atoms in total. The summed E-state index contributed by atoms with van der Waals surface area (Å²) in [7, 11) is 0. The highest BCUT2D eigenvalue weighted by atomic mass is 32.2. The smallest absolute Gasteiger partial charge is 0.210 e. The van der Waals surface area contributed by atoms with Crippen molar-refractivity contribution in [1.29, 1.82) is 0 Å². The Morgan fingerprint density at radius 3 is 2.74 bits per heavy atom. The van der Waals surface area contributed by atoms with Gasteiger partial charge in [0.2, 0.25) is 5.16 Å². The molecule has 1 aromatic carbocycles. The van der Waals surface area contributed by atoms with Crippen LogP contribution in [0.4, 0.5) is 0 Å². The van der Waals surface area contributed by atoms with Crippen LogP contribution in [0.1, 0.15) is 37.3 Å². The van der Waals surface area contributed by atoms with Gasteiger partial charge in [-0.25, -0.2) is 4.68 Å². The Kier molecular flexibility index (Phi) is 5.13. The fourth-order valence-corrected chi connectivity index (χ4v) is 5.43. The minimum atomic E-state index is -0.0627. The molecule has 0 amide bonds. The second-order valence-electron chi connectivity index (χ2n) is 7.43. The van der Waals surface area contributed by atoms with Gasteiger partial charge in [-0.2, -0.15) is 0 Å². The van der Waals surface area contributed by atoms with Crippen LogP contribution in [0.3, 0.4) is 0 Å². The van der Waals surface area contributed by atoms with Crippen LogP contribution >= 0.6 is 11.8 Å². The molecule has 0 radical (unpaired) electrons. The molecule has 5 rings (SSSR count). The number of tetrazole rings is 1. The molecule has 0 unspecified atom stereocenters. The van der Waals surface area contributed by atoms with Gasteiger partial charge in [0.25, 0.3) is 0 Å². The summed E-state index contributed by atoms with van der Waals surface area (Å²) in [6.07, 6.45) is 4.93. The van der Waals surface area contributed by atoms with Crippen LogP contribution in [0.5, 0.6) is 0 Å². The zero-order valence-electron chi connectivity index (χ0n) is 15.1. The Hall–Kier alpha value is -1.48. The van der Waals surface area contributed by atoms with Crippen molar-refractivity contribution in [1.82, 2.24) is 20.2 Å². The summed E-state index contributed by atoms with van der Waals surface area (Å²) in [6, 6.07) is 10.2. The fourth-order valence-electron chi connectivity index (χ4n) is 4.20. The molecule has 1 aromatic heterocycles. The van der Waals surface area contributed by atoms with Gasteiger partial charge in [0.05, 0.1) is 19.8 Å². The molecular formula is C19H24N4O3S. The number of thioether (sulfide) groups is 1. The maximum absolute atomic E-state index is 6.09. The van der Waals surface area contributed by atoms with Crippen molar-refractivity contribution < 1.29 is 14.2 Å². The average Bonchev–Trinajstić information content (AvgIpc) is 3.47. The van der Waals surface area contributed by atoms with E-state index in [0.717, 1.165) is 10.7 Å². The first-order valence-corrected chi connectivity index (χ1v) is 10.6. The molecule has 1 aliphatic carbocycles. The summed E-state index contributed by atoms with van der Waals surface area (Å²) in [5, 5.41) is 13.9. The van der Waals surface area contributed by atoms with Crippen molar-refractivity contribution >= 4 is 11.8 Å². The molecule has 0 spiro atoms. The molecule has 8 heteroatoms. The number of hydrogen-bond acceptors (Lipinski definition) is 7. The SMILES string of the molecule is c1ccc(CO[C@H]2CO[C@@H]3[C@@H]2OC[C@@H]3n2nnnc2SC2CCCC2)cc1. The number of ether oxygens (including phenoxy) is 3. The van der Waals surface area contributed by atoms with Crippen LogP contribution in [-0.2, 0) is 20.8 Å². The lowest BCUT2D eigenvalue weighted by Gasteiger charge is -2.18. The third-order valence-electron chi connectivity index (χ3n) is 5.64. The van der Waals surface area contributed by atoms with E-state index in [1.165, 1.54) is 25.7 Å². The van der Waals surface area contributed by atoms with Crippen molar-refractivity contribution in [2.24, 2.45) is 0 Å². The summed E-state index contributed by atoms with van der Waals surface area (Å²) < 4.78 is 20.1. The molecular weight excluding hydrogens is 364 g/mol. The molecule has 3 fully saturated rings. The zero-order chi connectivity index (χ0) is 18.1. The number of nitrogens with zero attached hydrogens (tertiary/aromatic N) is 4. The molecule has 2 aliphatic heterocycles. The van der Waals surface area contributed by atoms with Crippen LogP contribution in [-0.4, -0.2) is 57.0 Å². The second kappa shape index (κ2) is 7.87. The van der Waals surface area contributed by atoms with Gasteiger partial charge in [-0.05, 0) is 28.8 Å². The Morgan fingerprint density at radius 1 is 1.07 bits per heavy atom. The van der Waals surface area contributed by atoms with E-state index in [9.17, 15) is 0 Å². The zero-order valence-corrected chi connectivity index (χ0v) is 16.0. The summed E-state index contributed by atoms with van der Waals surface area (Å²) >= 11 is 1.80. The highest BCUT2D eigenvalue weighted by molar-refractivity contribution is 7.99. The number of aromatic nitrogens is 4. The van der Waals surface area contributed by atoms with Crippen LogP contribution in [0.25, 0.3) is 0 Å². The molecule has 0 bridgehead atoms. The number of hydrogen-bond donors (Lipinski definition) is 0. The monoisotopic (exact) mass is 388 g/mol. The minimum absolute atomic E-state index is 0.0132. The van der Waals surface area contributed by atoms with E-state index < -0.39 is 0 Å². The van der Waals surface area contributed by atoms with Crippen molar-refractivity contribution in [3.05, 3.63) is 35.9 Å². The van der Waals surface area contributed by atoms with Crippen LogP contribution in [0.15, 0.2) is 35.5 Å². The first kappa shape index (κ1) is 17.6. The van der Waals surface area contributed by atoms with E-state index in [1.807, 2.05) is 22.9 Å². The third kappa shape index (κ3) is 3.63. The predicted octanol–water partition coefficient (Wildman–Crippen LogP) is 2.63. The summed E-state index contributed by atoms with van der Waals surface area (Å²) in [4.78, 5) is 0. The highest BCUT2D eigenvalue weighted by Crippen LogP contribution is 2.39. The van der Waals surface area contributed by atoms with Gasteiger partial charge in [0.1, 0.15) is 24.4 Å². The fraction of sp³-hybridized carbons (Fsp3) is 0.632. The van der Waals surface area contributed by atoms with Gasteiger partial charge in [-0.3, -0.25) is 0 Å². The largest absolute Gasteiger partial charge is 0.370 e. The Morgan fingerprint density at radius 2 is 1.89 bits per heavy atom. The van der Waals surface area contributed by atoms with E-state index in [2.05, 4.69) is 27.7 Å². The van der Waals surface area contributed by atoms with E-state index in [1.54, 1.807) is 11.8 Å². The molecule has 0 N–H and O–H groups in total. The van der Waals surface area contributed by atoms with Gasteiger partial charge >= 0.3 is 0 Å². The highest BCUT2D eigenvalue weighted by Gasteiger charge is 2.50. The molecule has 144 valence electrons. The molecule has 3 aliphatic rings. The Balaban J connectivity index is 1.23. The normalized spacial score (nSPS) is 30.8. The molecule has 27 heavy (non-hydrogen) atoms. The van der Waals surface area contributed by atoms with E-state index in [4.69, 9.17) is 14.2 Å². The molecule has 2 aromatic rings. The van der Waals surface area contributed by atoms with Gasteiger partial charge in [-0.15, -0.1) is 5.10 Å². The number of rotatable bonds is 6. The topological polar surface area (TPSA) is 71.3 Å². The van der Waals surface area contributed by atoms with E-state index >= 15 is 0 Å². The summed E-state index contributed by atoms with van der Waals surface area (Å²) in [5.41, 5.74) is 1.16. The van der Waals surface area contributed by atoms with Crippen molar-refractivity contribution in [2.45, 2.75) is 67.1 Å². The molecule has 4 atom stereocenters. The number of fused-ring (bicyclic) bond motifs is 1. The van der Waals surface area contributed by atoms with Crippen molar-refractivity contribution in [3.8, 4) is 0 Å². The average molecular weight is 388 g/mol. The van der Waals surface area contributed by atoms with E-state index in [-0.39, 0.29) is 24.4 Å². The maximum Gasteiger partial charge on any atom is 0.210 e. The lowest BCUT2D eigenvalue weighted by Crippen LogP contribution is -2.32. The quantitative estimate of drug-likeness (QED) is 0.753. The first-order valence-electron chi connectivity index (χ1n) is 9.72. The van der Waals surface area contributed by atoms with Crippen molar-refractivity contribution in [3.63, 3.8) is 0 Å². The van der Waals surface area contributed by atoms with Crippen LogP contribution in [0, 0.1) is 0 Å². The van der Waals surface area contributed by atoms with Crippen LogP contribution in [0.2, 0.25) is 0 Å². The maximum atomic E-state index is 6.09. The van der Waals surface area contributed by atoms with Gasteiger partial charge in [-0.1, -0.05) is 54.9 Å². The molecule has 3 heterocycles. The Labute approximate surface area is 162 Å². The summed E-state index contributed by atoms with van der Waals surface area (Å²) in [6.45, 7) is 1.68. The predicted molar refractivity (Wildman–Crippen MR) is 99.5 cm³/mol. The standard InChI is InChI=1S/C19H24N4O3S/c1-2-6-13(7-3-1)10-24-16-12-26-17-15(11-25-18(16)17)23-19(20-21-22-23)27-14-8-4-5-9-14/h1-3,6-7,14-18H,4-5,8-12H2/t15-,16-,17-,18+/m0/s1. The van der Waals surface area contributed by atoms with Gasteiger partial charge in [0.15, 0.2) is 0 Å². The van der Waals surface area contributed by atoms with Gasteiger partial charge < -0.3 is 14.2 Å². The minimum Gasteiger partial charge on any atom is -0.370 e. The number of benzene rings is 1. The van der Waals surface area contributed by atoms with Crippen molar-refractivity contribution in [2.75, 3.05) is 13.2 Å². The Bertz CT molecular complexity index is 752. The molecule has 2 saturated heterocycles. The second-order valence-corrected chi connectivity index (χ2v) is 8.70. The summed E-state index contributed by atoms with van der Waals surface area (Å²) in [5.74, 6) is 0. The lowest BCUT2D eigenvalue weighted by molar-refractivity contribution is -0.0401. The third-order valence-corrected chi connectivity index (χ3v) is 6.92.